The van der Waals surface area contributed by atoms with Crippen LogP contribution in [0.4, 0.5) is 9.52 Å². The molecule has 0 saturated heterocycles. The normalized spacial score (nSPS) is 10.8. The number of carbonyl (C=O) groups is 1. The Labute approximate surface area is 195 Å². The van der Waals surface area contributed by atoms with Gasteiger partial charge in [-0.25, -0.2) is 9.37 Å². The first-order valence-corrected chi connectivity index (χ1v) is 12.3. The molecule has 0 fully saturated rings. The number of anilines is 1. The minimum atomic E-state index is -0.283. The number of aromatic nitrogens is 1. The third-order valence-corrected chi connectivity index (χ3v) is 6.91. The molecule has 4 aromatic rings. The van der Waals surface area contributed by atoms with E-state index in [9.17, 15) is 9.18 Å². The SMILES string of the molecule is CCCc1sc(NC(=O)CSc2ccc(F)cc2)nc1-c1ccc(-c2ccccc2)cc1. The quantitative estimate of drug-likeness (QED) is 0.279. The van der Waals surface area contributed by atoms with Gasteiger partial charge in [-0.1, -0.05) is 67.9 Å². The van der Waals surface area contributed by atoms with E-state index < -0.39 is 0 Å². The zero-order valence-corrected chi connectivity index (χ0v) is 19.3. The van der Waals surface area contributed by atoms with Crippen molar-refractivity contribution < 1.29 is 9.18 Å². The van der Waals surface area contributed by atoms with Crippen molar-refractivity contribution in [3.63, 3.8) is 0 Å². The number of thioether (sulfide) groups is 1. The molecule has 32 heavy (non-hydrogen) atoms. The molecule has 0 aliphatic rings. The summed E-state index contributed by atoms with van der Waals surface area (Å²) in [6.45, 7) is 2.14. The van der Waals surface area contributed by atoms with Crippen molar-refractivity contribution in [3.05, 3.63) is 89.6 Å². The number of hydrogen-bond donors (Lipinski definition) is 1. The van der Waals surface area contributed by atoms with Crippen LogP contribution < -0.4 is 5.32 Å². The summed E-state index contributed by atoms with van der Waals surface area (Å²) < 4.78 is 13.0. The van der Waals surface area contributed by atoms with Gasteiger partial charge in [0.2, 0.25) is 5.91 Å². The van der Waals surface area contributed by atoms with Crippen LogP contribution in [0, 0.1) is 5.82 Å². The smallest absolute Gasteiger partial charge is 0.236 e. The fourth-order valence-electron chi connectivity index (χ4n) is 3.31. The van der Waals surface area contributed by atoms with E-state index in [1.165, 1.54) is 45.7 Å². The lowest BCUT2D eigenvalue weighted by Crippen LogP contribution is -2.13. The summed E-state index contributed by atoms with van der Waals surface area (Å²) in [4.78, 5) is 19.2. The Hall–Kier alpha value is -2.96. The first-order valence-electron chi connectivity index (χ1n) is 10.5. The Bertz CT molecular complexity index is 1170. The fraction of sp³-hybridized carbons (Fsp3) is 0.154. The van der Waals surface area contributed by atoms with Gasteiger partial charge in [0.1, 0.15) is 5.82 Å². The van der Waals surface area contributed by atoms with Gasteiger partial charge < -0.3 is 5.32 Å². The highest BCUT2D eigenvalue weighted by Crippen LogP contribution is 2.33. The van der Waals surface area contributed by atoms with Gasteiger partial charge in [-0.3, -0.25) is 4.79 Å². The maximum Gasteiger partial charge on any atom is 0.236 e. The van der Waals surface area contributed by atoms with E-state index in [0.717, 1.165) is 34.6 Å². The number of nitrogens with one attached hydrogen (secondary N) is 1. The second-order valence-electron chi connectivity index (χ2n) is 7.27. The van der Waals surface area contributed by atoms with Gasteiger partial charge in [-0.05, 0) is 41.8 Å². The van der Waals surface area contributed by atoms with Crippen molar-refractivity contribution in [2.75, 3.05) is 11.1 Å². The van der Waals surface area contributed by atoms with E-state index in [4.69, 9.17) is 4.98 Å². The number of benzene rings is 3. The summed E-state index contributed by atoms with van der Waals surface area (Å²) in [5, 5.41) is 3.53. The molecule has 0 bridgehead atoms. The van der Waals surface area contributed by atoms with Crippen LogP contribution in [0.5, 0.6) is 0 Å². The van der Waals surface area contributed by atoms with Gasteiger partial charge >= 0.3 is 0 Å². The second-order valence-corrected chi connectivity index (χ2v) is 9.41. The first kappa shape index (κ1) is 22.2. The molecular formula is C26H23FN2OS2. The van der Waals surface area contributed by atoms with Crippen LogP contribution in [0.25, 0.3) is 22.4 Å². The van der Waals surface area contributed by atoms with Crippen molar-refractivity contribution in [3.8, 4) is 22.4 Å². The number of aryl methyl sites for hydroxylation is 1. The van der Waals surface area contributed by atoms with E-state index in [2.05, 4.69) is 48.6 Å². The summed E-state index contributed by atoms with van der Waals surface area (Å²) in [6, 6.07) is 24.8. The van der Waals surface area contributed by atoms with Crippen molar-refractivity contribution >= 4 is 34.1 Å². The lowest BCUT2D eigenvalue weighted by atomic mass is 10.0. The number of thiazole rings is 1. The standard InChI is InChI=1S/C26H23FN2OS2/c1-2-6-23-25(20-11-9-19(10-12-20)18-7-4-3-5-8-18)29-26(32-23)28-24(30)17-31-22-15-13-21(27)14-16-22/h3-5,7-16H,2,6,17H2,1H3,(H,28,29,30). The molecule has 162 valence electrons. The third kappa shape index (κ3) is 5.64. The van der Waals surface area contributed by atoms with Crippen LogP contribution in [0.3, 0.4) is 0 Å². The molecule has 0 unspecified atom stereocenters. The molecule has 3 nitrogen and oxygen atoms in total. The highest BCUT2D eigenvalue weighted by atomic mass is 32.2. The molecule has 0 saturated carbocycles. The molecule has 4 rings (SSSR count). The molecule has 1 amide bonds. The summed E-state index contributed by atoms with van der Waals surface area (Å²) >= 11 is 2.90. The van der Waals surface area contributed by atoms with Crippen molar-refractivity contribution in [1.29, 1.82) is 0 Å². The van der Waals surface area contributed by atoms with Gasteiger partial charge in [0.25, 0.3) is 0 Å². The largest absolute Gasteiger partial charge is 0.301 e. The Balaban J connectivity index is 1.47. The zero-order valence-electron chi connectivity index (χ0n) is 17.7. The van der Waals surface area contributed by atoms with Gasteiger partial charge in [-0.15, -0.1) is 23.1 Å². The number of nitrogens with zero attached hydrogens (tertiary/aromatic N) is 1. The van der Waals surface area contributed by atoms with Gasteiger partial charge in [0, 0.05) is 15.3 Å². The highest BCUT2D eigenvalue weighted by Gasteiger charge is 2.15. The number of rotatable bonds is 8. The predicted molar refractivity (Wildman–Crippen MR) is 133 cm³/mol. The Morgan fingerprint density at radius 2 is 1.59 bits per heavy atom. The van der Waals surface area contributed by atoms with E-state index in [0.29, 0.717) is 5.13 Å². The summed E-state index contributed by atoms with van der Waals surface area (Å²) in [5.41, 5.74) is 4.31. The summed E-state index contributed by atoms with van der Waals surface area (Å²) in [5.74, 6) is -0.161. The average molecular weight is 463 g/mol. The maximum absolute atomic E-state index is 13.0. The number of amides is 1. The molecule has 0 aliphatic carbocycles. The molecule has 0 radical (unpaired) electrons. The predicted octanol–water partition coefficient (Wildman–Crippen LogP) is 7.30. The Kier molecular flexibility index (Phi) is 7.35. The molecule has 0 atom stereocenters. The minimum absolute atomic E-state index is 0.123. The minimum Gasteiger partial charge on any atom is -0.301 e. The van der Waals surface area contributed by atoms with E-state index in [-0.39, 0.29) is 17.5 Å². The lowest BCUT2D eigenvalue weighted by Gasteiger charge is -2.05. The maximum atomic E-state index is 13.0. The van der Waals surface area contributed by atoms with Crippen molar-refractivity contribution in [2.45, 2.75) is 24.7 Å². The lowest BCUT2D eigenvalue weighted by molar-refractivity contribution is -0.113. The average Bonchev–Trinajstić information content (AvgIpc) is 3.21. The summed E-state index contributed by atoms with van der Waals surface area (Å²) in [7, 11) is 0. The van der Waals surface area contributed by atoms with Crippen LogP contribution >= 0.6 is 23.1 Å². The first-order chi connectivity index (χ1) is 15.6. The molecule has 1 N–H and O–H groups in total. The second kappa shape index (κ2) is 10.6. The number of halogens is 1. The molecule has 3 aromatic carbocycles. The van der Waals surface area contributed by atoms with Crippen LogP contribution in [-0.4, -0.2) is 16.6 Å². The number of carbonyl (C=O) groups excluding carboxylic acids is 1. The van der Waals surface area contributed by atoms with Crippen LogP contribution in [0.1, 0.15) is 18.2 Å². The van der Waals surface area contributed by atoms with Crippen LogP contribution in [-0.2, 0) is 11.2 Å². The molecule has 1 aromatic heterocycles. The van der Waals surface area contributed by atoms with Crippen LogP contribution in [0.2, 0.25) is 0 Å². The molecule has 0 spiro atoms. The van der Waals surface area contributed by atoms with Gasteiger partial charge in [-0.2, -0.15) is 0 Å². The van der Waals surface area contributed by atoms with E-state index in [1.54, 1.807) is 12.1 Å². The fourth-order valence-corrected chi connectivity index (χ4v) is 5.11. The van der Waals surface area contributed by atoms with Crippen molar-refractivity contribution in [1.82, 2.24) is 4.98 Å². The monoisotopic (exact) mass is 462 g/mol. The third-order valence-electron chi connectivity index (χ3n) is 4.87. The molecule has 1 heterocycles. The molecular weight excluding hydrogens is 439 g/mol. The van der Waals surface area contributed by atoms with Gasteiger partial charge in [0.15, 0.2) is 5.13 Å². The Morgan fingerprint density at radius 3 is 2.28 bits per heavy atom. The zero-order chi connectivity index (χ0) is 22.3. The number of hydrogen-bond acceptors (Lipinski definition) is 4. The summed E-state index contributed by atoms with van der Waals surface area (Å²) in [6.07, 6.45) is 1.92. The molecule has 6 heteroatoms. The van der Waals surface area contributed by atoms with Crippen LogP contribution in [0.15, 0.2) is 83.8 Å². The molecule has 0 aliphatic heterocycles. The highest BCUT2D eigenvalue weighted by molar-refractivity contribution is 8.00. The Morgan fingerprint density at radius 1 is 0.938 bits per heavy atom. The topological polar surface area (TPSA) is 42.0 Å². The van der Waals surface area contributed by atoms with E-state index in [1.807, 2.05) is 18.2 Å². The van der Waals surface area contributed by atoms with Crippen molar-refractivity contribution in [2.24, 2.45) is 0 Å². The van der Waals surface area contributed by atoms with E-state index >= 15 is 0 Å². The van der Waals surface area contributed by atoms with Gasteiger partial charge in [0.05, 0.1) is 11.4 Å².